The lowest BCUT2D eigenvalue weighted by Gasteiger charge is -2.26. The second-order valence-corrected chi connectivity index (χ2v) is 3.87. The molecule has 0 saturated carbocycles. The van der Waals surface area contributed by atoms with E-state index in [1.807, 2.05) is 26.0 Å². The van der Waals surface area contributed by atoms with E-state index in [0.717, 1.165) is 5.56 Å². The highest BCUT2D eigenvalue weighted by Gasteiger charge is 2.22. The Bertz CT molecular complexity index is 294. The SMILES string of the molecule is CCOCC(C)(N)c1ccccc1C. The van der Waals surface area contributed by atoms with E-state index in [1.54, 1.807) is 0 Å². The van der Waals surface area contributed by atoms with Crippen molar-refractivity contribution >= 4 is 0 Å². The number of nitrogens with two attached hydrogens (primary N) is 1. The maximum atomic E-state index is 6.20. The van der Waals surface area contributed by atoms with E-state index in [4.69, 9.17) is 10.5 Å². The first kappa shape index (κ1) is 11.2. The molecule has 2 N–H and O–H groups in total. The lowest BCUT2D eigenvalue weighted by molar-refractivity contribution is 0.101. The third kappa shape index (κ3) is 2.56. The van der Waals surface area contributed by atoms with Crippen molar-refractivity contribution in [2.75, 3.05) is 13.2 Å². The minimum atomic E-state index is -0.388. The summed E-state index contributed by atoms with van der Waals surface area (Å²) in [5.41, 5.74) is 8.19. The van der Waals surface area contributed by atoms with Gasteiger partial charge in [-0.2, -0.15) is 0 Å². The van der Waals surface area contributed by atoms with Gasteiger partial charge < -0.3 is 10.5 Å². The predicted molar refractivity (Wildman–Crippen MR) is 59.2 cm³/mol. The average molecular weight is 193 g/mol. The molecule has 0 aliphatic carbocycles. The number of rotatable bonds is 4. The monoisotopic (exact) mass is 193 g/mol. The molecule has 0 radical (unpaired) electrons. The van der Waals surface area contributed by atoms with Crippen LogP contribution in [-0.4, -0.2) is 13.2 Å². The molecule has 14 heavy (non-hydrogen) atoms. The van der Waals surface area contributed by atoms with Gasteiger partial charge in [0.25, 0.3) is 0 Å². The lowest BCUT2D eigenvalue weighted by Crippen LogP contribution is -2.38. The molecule has 2 heteroatoms. The van der Waals surface area contributed by atoms with Crippen LogP contribution in [0.1, 0.15) is 25.0 Å². The summed E-state index contributed by atoms with van der Waals surface area (Å²) in [6.45, 7) is 7.33. The molecule has 78 valence electrons. The van der Waals surface area contributed by atoms with Gasteiger partial charge in [-0.3, -0.25) is 0 Å². The first-order valence-corrected chi connectivity index (χ1v) is 5.00. The summed E-state index contributed by atoms with van der Waals surface area (Å²) < 4.78 is 5.38. The van der Waals surface area contributed by atoms with Gasteiger partial charge in [-0.25, -0.2) is 0 Å². The van der Waals surface area contributed by atoms with Gasteiger partial charge in [0.2, 0.25) is 0 Å². The molecule has 2 nitrogen and oxygen atoms in total. The van der Waals surface area contributed by atoms with Gasteiger partial charge >= 0.3 is 0 Å². The minimum absolute atomic E-state index is 0.388. The lowest BCUT2D eigenvalue weighted by atomic mass is 9.90. The van der Waals surface area contributed by atoms with E-state index >= 15 is 0 Å². The zero-order chi connectivity index (χ0) is 10.6. The summed E-state index contributed by atoms with van der Waals surface area (Å²) in [6, 6.07) is 8.18. The summed E-state index contributed by atoms with van der Waals surface area (Å²) in [5.74, 6) is 0. The Morgan fingerprint density at radius 3 is 2.57 bits per heavy atom. The van der Waals surface area contributed by atoms with E-state index in [-0.39, 0.29) is 5.54 Å². The highest BCUT2D eigenvalue weighted by molar-refractivity contribution is 5.31. The molecule has 0 heterocycles. The molecule has 1 rings (SSSR count). The summed E-state index contributed by atoms with van der Waals surface area (Å²) in [5, 5.41) is 0. The van der Waals surface area contributed by atoms with Crippen molar-refractivity contribution in [1.82, 2.24) is 0 Å². The van der Waals surface area contributed by atoms with Crippen LogP contribution < -0.4 is 5.73 Å². The molecule has 1 atom stereocenters. The average Bonchev–Trinajstić information content (AvgIpc) is 2.15. The summed E-state index contributed by atoms with van der Waals surface area (Å²) in [4.78, 5) is 0. The second kappa shape index (κ2) is 4.58. The van der Waals surface area contributed by atoms with Crippen LogP contribution in [0.3, 0.4) is 0 Å². The van der Waals surface area contributed by atoms with Crippen LogP contribution in [-0.2, 0) is 10.3 Å². The third-order valence-corrected chi connectivity index (χ3v) is 2.37. The van der Waals surface area contributed by atoms with Crippen LogP contribution in [0.5, 0.6) is 0 Å². The maximum absolute atomic E-state index is 6.20. The Kier molecular flexibility index (Phi) is 3.67. The van der Waals surface area contributed by atoms with Gasteiger partial charge in [0, 0.05) is 6.61 Å². The van der Waals surface area contributed by atoms with E-state index in [9.17, 15) is 0 Å². The molecule has 0 fully saturated rings. The maximum Gasteiger partial charge on any atom is 0.0685 e. The molecular weight excluding hydrogens is 174 g/mol. The Hall–Kier alpha value is -0.860. The number of ether oxygens (including phenoxy) is 1. The molecule has 1 aromatic rings. The third-order valence-electron chi connectivity index (χ3n) is 2.37. The Balaban J connectivity index is 2.86. The van der Waals surface area contributed by atoms with Crippen molar-refractivity contribution in [3.63, 3.8) is 0 Å². The molecule has 0 aliphatic rings. The van der Waals surface area contributed by atoms with Gasteiger partial charge in [-0.15, -0.1) is 0 Å². The van der Waals surface area contributed by atoms with Crippen LogP contribution in [0.15, 0.2) is 24.3 Å². The van der Waals surface area contributed by atoms with E-state index < -0.39 is 0 Å². The number of hydrogen-bond acceptors (Lipinski definition) is 2. The van der Waals surface area contributed by atoms with Gasteiger partial charge in [-0.1, -0.05) is 24.3 Å². The quantitative estimate of drug-likeness (QED) is 0.795. The van der Waals surface area contributed by atoms with Crippen LogP contribution in [0.2, 0.25) is 0 Å². The standard InChI is InChI=1S/C12H19NO/c1-4-14-9-12(3,13)11-8-6-5-7-10(11)2/h5-8H,4,9,13H2,1-3H3. The summed E-state index contributed by atoms with van der Waals surface area (Å²) in [7, 11) is 0. The molecule has 0 aliphatic heterocycles. The van der Waals surface area contributed by atoms with E-state index in [1.165, 1.54) is 5.56 Å². The highest BCUT2D eigenvalue weighted by atomic mass is 16.5. The van der Waals surface area contributed by atoms with E-state index in [0.29, 0.717) is 13.2 Å². The molecule has 0 aromatic heterocycles. The number of hydrogen-bond donors (Lipinski definition) is 1. The molecule has 0 bridgehead atoms. The van der Waals surface area contributed by atoms with Crippen molar-refractivity contribution < 1.29 is 4.74 Å². The molecule has 0 spiro atoms. The normalized spacial score (nSPS) is 15.1. The van der Waals surface area contributed by atoms with Gasteiger partial charge in [0.15, 0.2) is 0 Å². The zero-order valence-corrected chi connectivity index (χ0v) is 9.21. The van der Waals surface area contributed by atoms with Gasteiger partial charge in [0.05, 0.1) is 12.1 Å². The van der Waals surface area contributed by atoms with Crippen molar-refractivity contribution in [1.29, 1.82) is 0 Å². The van der Waals surface area contributed by atoms with Crippen molar-refractivity contribution in [2.45, 2.75) is 26.3 Å². The molecule has 1 aromatic carbocycles. The Labute approximate surface area is 86.1 Å². The summed E-state index contributed by atoms with van der Waals surface area (Å²) in [6.07, 6.45) is 0. The smallest absolute Gasteiger partial charge is 0.0685 e. The fourth-order valence-corrected chi connectivity index (χ4v) is 1.61. The number of benzene rings is 1. The predicted octanol–water partition coefficient (Wildman–Crippen LogP) is 2.21. The number of aryl methyl sites for hydroxylation is 1. The molecular formula is C12H19NO. The van der Waals surface area contributed by atoms with Crippen molar-refractivity contribution in [3.8, 4) is 0 Å². The largest absolute Gasteiger partial charge is 0.379 e. The van der Waals surface area contributed by atoms with Crippen molar-refractivity contribution in [2.24, 2.45) is 5.73 Å². The molecule has 1 unspecified atom stereocenters. The van der Waals surface area contributed by atoms with Crippen LogP contribution in [0, 0.1) is 6.92 Å². The van der Waals surface area contributed by atoms with Crippen molar-refractivity contribution in [3.05, 3.63) is 35.4 Å². The van der Waals surface area contributed by atoms with Crippen LogP contribution in [0.25, 0.3) is 0 Å². The van der Waals surface area contributed by atoms with Gasteiger partial charge in [-0.05, 0) is 31.9 Å². The first-order valence-electron chi connectivity index (χ1n) is 5.00. The molecule has 0 amide bonds. The summed E-state index contributed by atoms with van der Waals surface area (Å²) >= 11 is 0. The Morgan fingerprint density at radius 2 is 2.00 bits per heavy atom. The molecule has 0 saturated heterocycles. The van der Waals surface area contributed by atoms with Crippen LogP contribution >= 0.6 is 0 Å². The first-order chi connectivity index (χ1) is 6.58. The Morgan fingerprint density at radius 1 is 1.36 bits per heavy atom. The second-order valence-electron chi connectivity index (χ2n) is 3.87. The topological polar surface area (TPSA) is 35.2 Å². The highest BCUT2D eigenvalue weighted by Crippen LogP contribution is 2.21. The minimum Gasteiger partial charge on any atom is -0.379 e. The van der Waals surface area contributed by atoms with Crippen LogP contribution in [0.4, 0.5) is 0 Å². The van der Waals surface area contributed by atoms with Gasteiger partial charge in [0.1, 0.15) is 0 Å². The fourth-order valence-electron chi connectivity index (χ4n) is 1.61. The zero-order valence-electron chi connectivity index (χ0n) is 9.21. The fraction of sp³-hybridized carbons (Fsp3) is 0.500. The van der Waals surface area contributed by atoms with E-state index in [2.05, 4.69) is 19.1 Å².